The molecule has 0 aliphatic carbocycles. The summed E-state index contributed by atoms with van der Waals surface area (Å²) in [5.41, 5.74) is 9.64. The molecule has 40 heavy (non-hydrogen) atoms. The van der Waals surface area contributed by atoms with Crippen molar-refractivity contribution in [3.05, 3.63) is 58.9 Å². The fraction of sp³-hybridized carbons (Fsp3) is 0.448. The SMILES string of the molecule is COc1c(NSC)cc(C(C)(C)C)cc1NC(=O)c1ccc(C)c(N(N)/C=C(\N)C(=O)NCC(C)(C)N(C)C)c1. The molecule has 0 aromatic heterocycles. The average Bonchev–Trinajstić information content (AvgIpc) is 2.86. The van der Waals surface area contributed by atoms with Crippen LogP contribution < -0.4 is 36.7 Å². The molecule has 0 spiro atoms. The topological polar surface area (TPSA) is 138 Å². The lowest BCUT2D eigenvalue weighted by Crippen LogP contribution is -2.49. The van der Waals surface area contributed by atoms with Crippen LogP contribution in [0.25, 0.3) is 0 Å². The zero-order valence-corrected chi connectivity index (χ0v) is 26.2. The van der Waals surface area contributed by atoms with E-state index < -0.39 is 5.91 Å². The molecule has 2 rings (SSSR count). The van der Waals surface area contributed by atoms with E-state index in [1.165, 1.54) is 23.2 Å². The van der Waals surface area contributed by atoms with Crippen molar-refractivity contribution < 1.29 is 14.3 Å². The summed E-state index contributed by atoms with van der Waals surface area (Å²) in [6, 6.07) is 9.11. The molecule has 0 fully saturated rings. The van der Waals surface area contributed by atoms with E-state index in [1.807, 2.05) is 58.2 Å². The largest absolute Gasteiger partial charge is 0.492 e. The number of aryl methyl sites for hydroxylation is 1. The highest BCUT2D eigenvalue weighted by Crippen LogP contribution is 2.39. The molecule has 220 valence electrons. The fourth-order valence-corrected chi connectivity index (χ4v) is 3.99. The van der Waals surface area contributed by atoms with Crippen molar-refractivity contribution in [1.29, 1.82) is 0 Å². The van der Waals surface area contributed by atoms with Gasteiger partial charge in [-0.1, -0.05) is 38.8 Å². The van der Waals surface area contributed by atoms with Gasteiger partial charge in [0.05, 0.1) is 24.2 Å². The number of amides is 2. The Hall–Kier alpha value is -3.41. The van der Waals surface area contributed by atoms with Crippen LogP contribution in [0.2, 0.25) is 0 Å². The Labute approximate surface area is 243 Å². The lowest BCUT2D eigenvalue weighted by atomic mass is 9.86. The van der Waals surface area contributed by atoms with Crippen molar-refractivity contribution >= 4 is 40.8 Å². The molecular formula is C29H45N7O3S. The number of likely N-dealkylation sites (N-methyl/N-ethyl adjacent to an activating group) is 1. The van der Waals surface area contributed by atoms with Crippen molar-refractivity contribution in [2.75, 3.05) is 49.1 Å². The van der Waals surface area contributed by atoms with Crippen LogP contribution in [0.3, 0.4) is 0 Å². The van der Waals surface area contributed by atoms with Gasteiger partial charge >= 0.3 is 0 Å². The number of nitrogens with zero attached hydrogens (tertiary/aromatic N) is 2. The maximum absolute atomic E-state index is 13.4. The molecule has 2 amide bonds. The molecule has 0 aliphatic heterocycles. The maximum Gasteiger partial charge on any atom is 0.268 e. The van der Waals surface area contributed by atoms with Gasteiger partial charge in [-0.25, -0.2) is 5.84 Å². The Morgan fingerprint density at radius 2 is 1.70 bits per heavy atom. The second kappa shape index (κ2) is 13.3. The van der Waals surface area contributed by atoms with Crippen LogP contribution in [0.15, 0.2) is 42.2 Å². The minimum Gasteiger partial charge on any atom is -0.492 e. The predicted molar refractivity (Wildman–Crippen MR) is 168 cm³/mol. The molecule has 0 saturated carbocycles. The number of carbonyl (C=O) groups excluding carboxylic acids is 2. The third kappa shape index (κ3) is 8.30. The van der Waals surface area contributed by atoms with Crippen LogP contribution in [0, 0.1) is 6.92 Å². The highest BCUT2D eigenvalue weighted by Gasteiger charge is 2.23. The molecule has 0 atom stereocenters. The Kier molecular flexibility index (Phi) is 10.9. The number of nitrogens with two attached hydrogens (primary N) is 2. The van der Waals surface area contributed by atoms with Crippen LogP contribution in [0.4, 0.5) is 17.1 Å². The van der Waals surface area contributed by atoms with E-state index in [-0.39, 0.29) is 22.6 Å². The molecule has 0 heterocycles. The summed E-state index contributed by atoms with van der Waals surface area (Å²) in [4.78, 5) is 28.0. The minimum absolute atomic E-state index is 0.0520. The first-order valence-corrected chi connectivity index (χ1v) is 14.1. The number of benzene rings is 2. The van der Waals surface area contributed by atoms with Gasteiger partial charge in [0.2, 0.25) is 0 Å². The molecule has 0 radical (unpaired) electrons. The number of methoxy groups -OCH3 is 1. The van der Waals surface area contributed by atoms with E-state index in [4.69, 9.17) is 16.3 Å². The molecule has 0 bridgehead atoms. The van der Waals surface area contributed by atoms with Crippen LogP contribution in [-0.2, 0) is 10.2 Å². The van der Waals surface area contributed by atoms with E-state index in [0.29, 0.717) is 29.2 Å². The number of anilines is 3. The summed E-state index contributed by atoms with van der Waals surface area (Å²) in [5, 5.41) is 7.08. The Morgan fingerprint density at radius 3 is 2.25 bits per heavy atom. The average molecular weight is 572 g/mol. The Balaban J connectivity index is 2.34. The molecule has 2 aromatic rings. The molecule has 0 saturated heterocycles. The molecule has 2 aromatic carbocycles. The maximum atomic E-state index is 13.4. The van der Waals surface area contributed by atoms with Gasteiger partial charge in [0.25, 0.3) is 11.8 Å². The predicted octanol–water partition coefficient (Wildman–Crippen LogP) is 4.18. The van der Waals surface area contributed by atoms with Crippen LogP contribution in [-0.4, -0.2) is 56.3 Å². The molecular weight excluding hydrogens is 526 g/mol. The normalized spacial score (nSPS) is 12.2. The monoisotopic (exact) mass is 571 g/mol. The molecule has 7 N–H and O–H groups in total. The second-order valence-electron chi connectivity index (χ2n) is 11.5. The van der Waals surface area contributed by atoms with Gasteiger partial charge < -0.3 is 30.7 Å². The highest BCUT2D eigenvalue weighted by molar-refractivity contribution is 7.99. The summed E-state index contributed by atoms with van der Waals surface area (Å²) in [6.45, 7) is 12.6. The molecule has 11 heteroatoms. The number of hydrazine groups is 1. The number of hydrogen-bond acceptors (Lipinski definition) is 9. The fourth-order valence-electron chi connectivity index (χ4n) is 3.62. The highest BCUT2D eigenvalue weighted by atomic mass is 32.2. The van der Waals surface area contributed by atoms with E-state index in [0.717, 1.165) is 16.8 Å². The zero-order chi connectivity index (χ0) is 30.4. The van der Waals surface area contributed by atoms with Crippen molar-refractivity contribution in [2.45, 2.75) is 52.5 Å². The van der Waals surface area contributed by atoms with Crippen molar-refractivity contribution in [3.63, 3.8) is 0 Å². The van der Waals surface area contributed by atoms with Gasteiger partial charge in [-0.3, -0.25) is 14.6 Å². The number of rotatable bonds is 11. The van der Waals surface area contributed by atoms with Crippen molar-refractivity contribution in [1.82, 2.24) is 10.2 Å². The lowest BCUT2D eigenvalue weighted by molar-refractivity contribution is -0.118. The van der Waals surface area contributed by atoms with E-state index >= 15 is 0 Å². The molecule has 0 aliphatic rings. The number of nitrogens with one attached hydrogen (secondary N) is 3. The first-order valence-electron chi connectivity index (χ1n) is 12.9. The quantitative estimate of drug-likeness (QED) is 0.116. The summed E-state index contributed by atoms with van der Waals surface area (Å²) < 4.78 is 8.89. The Morgan fingerprint density at radius 1 is 1.07 bits per heavy atom. The first-order chi connectivity index (χ1) is 18.5. The van der Waals surface area contributed by atoms with Crippen molar-refractivity contribution in [2.24, 2.45) is 11.6 Å². The summed E-state index contributed by atoms with van der Waals surface area (Å²) >= 11 is 1.44. The van der Waals surface area contributed by atoms with Crippen LogP contribution >= 0.6 is 11.9 Å². The second-order valence-corrected chi connectivity index (χ2v) is 12.1. The molecule has 10 nitrogen and oxygen atoms in total. The smallest absolute Gasteiger partial charge is 0.268 e. The Bertz CT molecular complexity index is 1250. The summed E-state index contributed by atoms with van der Waals surface area (Å²) in [7, 11) is 5.45. The van der Waals surface area contributed by atoms with Crippen LogP contribution in [0.1, 0.15) is 56.1 Å². The summed E-state index contributed by atoms with van der Waals surface area (Å²) in [5.74, 6) is 6.04. The van der Waals surface area contributed by atoms with E-state index in [1.54, 1.807) is 25.3 Å². The van der Waals surface area contributed by atoms with Gasteiger partial charge in [-0.15, -0.1) is 0 Å². The van der Waals surface area contributed by atoms with E-state index in [9.17, 15) is 9.59 Å². The summed E-state index contributed by atoms with van der Waals surface area (Å²) in [6.07, 6.45) is 3.27. The lowest BCUT2D eigenvalue weighted by Gasteiger charge is -2.32. The third-order valence-corrected chi connectivity index (χ3v) is 7.23. The van der Waals surface area contributed by atoms with Gasteiger partial charge in [0.15, 0.2) is 5.75 Å². The van der Waals surface area contributed by atoms with Crippen LogP contribution in [0.5, 0.6) is 5.75 Å². The number of hydrogen-bond donors (Lipinski definition) is 5. The standard InChI is InChI=1S/C29H45N7O3S/c1-18-11-12-19(13-24(18)36(31)16-21(30)27(38)32-17-29(5,6)35(7)8)26(37)33-22-14-20(28(2,3)4)15-23(34-40-10)25(22)39-9/h11-16,34H,17,30-31H2,1-10H3,(H,32,38)(H,33,37)/b21-16-. The van der Waals surface area contributed by atoms with Gasteiger partial charge in [0.1, 0.15) is 5.70 Å². The van der Waals surface area contributed by atoms with E-state index in [2.05, 4.69) is 36.1 Å². The van der Waals surface area contributed by atoms with Gasteiger partial charge in [0, 0.05) is 30.1 Å². The first kappa shape index (κ1) is 32.8. The number of ether oxygens (including phenoxy) is 1. The zero-order valence-electron chi connectivity index (χ0n) is 25.4. The third-order valence-electron chi connectivity index (χ3n) is 6.80. The van der Waals surface area contributed by atoms with Gasteiger partial charge in [-0.05, 0) is 75.7 Å². The van der Waals surface area contributed by atoms with Gasteiger partial charge in [-0.2, -0.15) is 0 Å². The van der Waals surface area contributed by atoms with Crippen molar-refractivity contribution in [3.8, 4) is 5.75 Å². The number of carbonyl (C=O) groups is 2. The minimum atomic E-state index is -0.433. The molecule has 0 unspecified atom stereocenters.